The molecule has 0 aromatic heterocycles. The molecule has 0 aliphatic carbocycles. The highest BCUT2D eigenvalue weighted by molar-refractivity contribution is 5.96. The zero-order valence-corrected chi connectivity index (χ0v) is 13.5. The summed E-state index contributed by atoms with van der Waals surface area (Å²) in [4.78, 5) is 14.8. The molecule has 2 N–H and O–H groups in total. The Kier molecular flexibility index (Phi) is 4.35. The summed E-state index contributed by atoms with van der Waals surface area (Å²) >= 11 is 0. The van der Waals surface area contributed by atoms with E-state index in [1.807, 2.05) is 61.2 Å². The van der Waals surface area contributed by atoms with E-state index in [0.717, 1.165) is 11.1 Å². The molecule has 120 valence electrons. The fourth-order valence-corrected chi connectivity index (χ4v) is 3.01. The highest BCUT2D eigenvalue weighted by Gasteiger charge is 2.30. The molecule has 2 unspecified atom stereocenters. The summed E-state index contributed by atoms with van der Waals surface area (Å²) in [6, 6.07) is 15.5. The van der Waals surface area contributed by atoms with Crippen molar-refractivity contribution < 1.29 is 9.53 Å². The normalized spacial score (nSPS) is 21.2. The van der Waals surface area contributed by atoms with E-state index in [1.54, 1.807) is 6.07 Å². The maximum absolute atomic E-state index is 12.9. The quantitative estimate of drug-likeness (QED) is 0.867. The molecule has 0 radical (unpaired) electrons. The van der Waals surface area contributed by atoms with E-state index < -0.39 is 0 Å². The van der Waals surface area contributed by atoms with Crippen LogP contribution in [-0.4, -0.2) is 30.0 Å². The van der Waals surface area contributed by atoms with E-state index >= 15 is 0 Å². The average molecular weight is 310 g/mol. The Balaban J connectivity index is 1.84. The lowest BCUT2D eigenvalue weighted by Gasteiger charge is -2.37. The second-order valence-corrected chi connectivity index (χ2v) is 6.13. The molecule has 2 aromatic rings. The topological polar surface area (TPSA) is 55.6 Å². The molecule has 1 aliphatic rings. The van der Waals surface area contributed by atoms with E-state index in [2.05, 4.69) is 0 Å². The van der Waals surface area contributed by atoms with Crippen LogP contribution in [0.3, 0.4) is 0 Å². The van der Waals surface area contributed by atoms with Gasteiger partial charge in [0.25, 0.3) is 5.91 Å². The van der Waals surface area contributed by atoms with Gasteiger partial charge < -0.3 is 15.4 Å². The summed E-state index contributed by atoms with van der Waals surface area (Å²) in [6.07, 6.45) is -0.0930. The Morgan fingerprint density at radius 1 is 1.17 bits per heavy atom. The van der Waals surface area contributed by atoms with Crippen LogP contribution in [0.5, 0.6) is 0 Å². The number of nitrogens with zero attached hydrogens (tertiary/aromatic N) is 1. The van der Waals surface area contributed by atoms with Crippen LogP contribution in [0.2, 0.25) is 0 Å². The number of amides is 1. The second kappa shape index (κ2) is 6.42. The van der Waals surface area contributed by atoms with Crippen LogP contribution < -0.4 is 5.73 Å². The minimum absolute atomic E-state index is 0.000675. The summed E-state index contributed by atoms with van der Waals surface area (Å²) in [6.45, 7) is 5.09. The van der Waals surface area contributed by atoms with Gasteiger partial charge in [-0.1, -0.05) is 36.4 Å². The summed E-state index contributed by atoms with van der Waals surface area (Å²) in [5.74, 6) is 0.0193. The lowest BCUT2D eigenvalue weighted by atomic mass is 10.0. The van der Waals surface area contributed by atoms with Crippen LogP contribution >= 0.6 is 0 Å². The first-order valence-electron chi connectivity index (χ1n) is 7.90. The molecule has 0 saturated carbocycles. The fraction of sp³-hybridized carbons (Fsp3) is 0.316. The smallest absolute Gasteiger partial charge is 0.254 e. The Bertz CT molecular complexity index is 700. The summed E-state index contributed by atoms with van der Waals surface area (Å²) in [5, 5.41) is 0. The number of hydrogen-bond donors (Lipinski definition) is 1. The number of hydrogen-bond acceptors (Lipinski definition) is 3. The minimum atomic E-state index is -0.0923. The molecule has 2 atom stereocenters. The number of ether oxygens (including phenoxy) is 1. The Morgan fingerprint density at radius 2 is 1.91 bits per heavy atom. The van der Waals surface area contributed by atoms with Gasteiger partial charge in [0.1, 0.15) is 6.10 Å². The Labute approximate surface area is 136 Å². The monoisotopic (exact) mass is 310 g/mol. The van der Waals surface area contributed by atoms with Crippen LogP contribution in [0.1, 0.15) is 34.5 Å². The standard InChI is InChI=1S/C19H22N2O2/c1-13-8-9-16(20)10-17(13)19(22)21-11-14(2)23-18(12-21)15-6-4-3-5-7-15/h3-10,14,18H,11-12,20H2,1-2H3. The van der Waals surface area contributed by atoms with Gasteiger partial charge in [0.2, 0.25) is 0 Å². The predicted molar refractivity (Wildman–Crippen MR) is 91.2 cm³/mol. The van der Waals surface area contributed by atoms with Crippen molar-refractivity contribution in [3.8, 4) is 0 Å². The first kappa shape index (κ1) is 15.6. The first-order chi connectivity index (χ1) is 11.0. The van der Waals surface area contributed by atoms with Gasteiger partial charge in [-0.3, -0.25) is 4.79 Å². The van der Waals surface area contributed by atoms with Crippen molar-refractivity contribution in [3.63, 3.8) is 0 Å². The van der Waals surface area contributed by atoms with Gasteiger partial charge in [0.05, 0.1) is 12.6 Å². The second-order valence-electron chi connectivity index (χ2n) is 6.13. The zero-order valence-electron chi connectivity index (χ0n) is 13.5. The van der Waals surface area contributed by atoms with Crippen LogP contribution in [0, 0.1) is 6.92 Å². The van der Waals surface area contributed by atoms with Gasteiger partial charge in [-0.15, -0.1) is 0 Å². The third-order valence-corrected chi connectivity index (χ3v) is 4.21. The lowest BCUT2D eigenvalue weighted by Crippen LogP contribution is -2.46. The van der Waals surface area contributed by atoms with E-state index in [1.165, 1.54) is 0 Å². The highest BCUT2D eigenvalue weighted by atomic mass is 16.5. The third kappa shape index (κ3) is 3.37. The predicted octanol–water partition coefficient (Wildman–Crippen LogP) is 3.18. The third-order valence-electron chi connectivity index (χ3n) is 4.21. The molecule has 4 nitrogen and oxygen atoms in total. The zero-order chi connectivity index (χ0) is 16.4. The van der Waals surface area contributed by atoms with Crippen molar-refractivity contribution in [1.29, 1.82) is 0 Å². The number of nitrogens with two attached hydrogens (primary N) is 1. The van der Waals surface area contributed by atoms with Crippen LogP contribution in [0.4, 0.5) is 5.69 Å². The molecular weight excluding hydrogens is 288 g/mol. The fourth-order valence-electron chi connectivity index (χ4n) is 3.01. The van der Waals surface area contributed by atoms with Crippen molar-refractivity contribution in [2.45, 2.75) is 26.1 Å². The minimum Gasteiger partial charge on any atom is -0.399 e. The van der Waals surface area contributed by atoms with Crippen molar-refractivity contribution in [1.82, 2.24) is 4.90 Å². The molecule has 0 spiro atoms. The van der Waals surface area contributed by atoms with Gasteiger partial charge in [0, 0.05) is 17.8 Å². The van der Waals surface area contributed by atoms with Gasteiger partial charge in [0.15, 0.2) is 0 Å². The van der Waals surface area contributed by atoms with Crippen molar-refractivity contribution in [3.05, 3.63) is 65.2 Å². The van der Waals surface area contributed by atoms with Crippen molar-refractivity contribution in [2.24, 2.45) is 0 Å². The highest BCUT2D eigenvalue weighted by Crippen LogP contribution is 2.27. The number of carbonyl (C=O) groups is 1. The molecule has 1 saturated heterocycles. The number of benzene rings is 2. The number of aryl methyl sites for hydroxylation is 1. The van der Waals surface area contributed by atoms with E-state index in [9.17, 15) is 4.79 Å². The largest absolute Gasteiger partial charge is 0.399 e. The van der Waals surface area contributed by atoms with Crippen LogP contribution in [-0.2, 0) is 4.74 Å². The maximum Gasteiger partial charge on any atom is 0.254 e. The van der Waals surface area contributed by atoms with Gasteiger partial charge in [-0.25, -0.2) is 0 Å². The van der Waals surface area contributed by atoms with Crippen LogP contribution in [0.25, 0.3) is 0 Å². The van der Waals surface area contributed by atoms with Gasteiger partial charge in [-0.05, 0) is 37.1 Å². The number of morpholine rings is 1. The molecule has 1 amide bonds. The Morgan fingerprint density at radius 3 is 2.65 bits per heavy atom. The van der Waals surface area contributed by atoms with Gasteiger partial charge >= 0.3 is 0 Å². The number of rotatable bonds is 2. The van der Waals surface area contributed by atoms with Crippen molar-refractivity contribution in [2.75, 3.05) is 18.8 Å². The molecule has 23 heavy (non-hydrogen) atoms. The summed E-state index contributed by atoms with van der Waals surface area (Å²) < 4.78 is 6.02. The van der Waals surface area contributed by atoms with E-state index in [0.29, 0.717) is 24.3 Å². The summed E-state index contributed by atoms with van der Waals surface area (Å²) in [7, 11) is 0. The SMILES string of the molecule is Cc1ccc(N)cc1C(=O)N1CC(C)OC(c2ccccc2)C1. The maximum atomic E-state index is 12.9. The molecule has 1 aliphatic heterocycles. The summed E-state index contributed by atoms with van der Waals surface area (Å²) in [5.41, 5.74) is 9.17. The molecule has 2 aromatic carbocycles. The van der Waals surface area contributed by atoms with Crippen molar-refractivity contribution >= 4 is 11.6 Å². The van der Waals surface area contributed by atoms with E-state index in [-0.39, 0.29) is 18.1 Å². The molecule has 4 heteroatoms. The lowest BCUT2D eigenvalue weighted by molar-refractivity contribution is -0.0691. The molecule has 1 fully saturated rings. The van der Waals surface area contributed by atoms with Crippen LogP contribution in [0.15, 0.2) is 48.5 Å². The molecule has 3 rings (SSSR count). The van der Waals surface area contributed by atoms with Gasteiger partial charge in [-0.2, -0.15) is 0 Å². The average Bonchev–Trinajstić information content (AvgIpc) is 2.56. The molecule has 1 heterocycles. The number of anilines is 1. The molecular formula is C19H22N2O2. The van der Waals surface area contributed by atoms with E-state index in [4.69, 9.17) is 10.5 Å². The molecule has 0 bridgehead atoms. The number of nitrogen functional groups attached to an aromatic ring is 1. The first-order valence-corrected chi connectivity index (χ1v) is 7.90. The Hall–Kier alpha value is -2.33. The number of carbonyl (C=O) groups excluding carboxylic acids is 1.